The first-order chi connectivity index (χ1) is 14.8. The summed E-state index contributed by atoms with van der Waals surface area (Å²) >= 11 is 6.05. The summed E-state index contributed by atoms with van der Waals surface area (Å²) in [6.45, 7) is 7.49. The average Bonchev–Trinajstić information content (AvgIpc) is 2.63. The van der Waals surface area contributed by atoms with Gasteiger partial charge in [-0.3, -0.25) is 9.36 Å². The Labute approximate surface area is 191 Å². The van der Waals surface area contributed by atoms with Gasteiger partial charge >= 0.3 is 23.8 Å². The van der Waals surface area contributed by atoms with Crippen LogP contribution in [-0.2, 0) is 27.5 Å². The van der Waals surface area contributed by atoms with E-state index in [4.69, 9.17) is 21.1 Å². The van der Waals surface area contributed by atoms with Gasteiger partial charge in [0.1, 0.15) is 11.3 Å². The van der Waals surface area contributed by atoms with Gasteiger partial charge in [0.2, 0.25) is 5.60 Å². The maximum atomic E-state index is 13.1. The van der Waals surface area contributed by atoms with Crippen LogP contribution in [-0.4, -0.2) is 32.3 Å². The molecule has 0 bridgehead atoms. The van der Waals surface area contributed by atoms with E-state index in [1.54, 1.807) is 20.8 Å². The van der Waals surface area contributed by atoms with Crippen molar-refractivity contribution in [2.75, 3.05) is 0 Å². The van der Waals surface area contributed by atoms with E-state index in [9.17, 15) is 32.3 Å². The third-order valence-corrected chi connectivity index (χ3v) is 4.61. The lowest BCUT2D eigenvalue weighted by molar-refractivity contribution is -0.174. The van der Waals surface area contributed by atoms with E-state index in [0.29, 0.717) is 4.57 Å². The number of hydrogen-bond donors (Lipinski definition) is 0. The predicted octanol–water partition coefficient (Wildman–Crippen LogP) is 3.49. The minimum atomic E-state index is -4.92. The number of rotatable bonds is 4. The molecule has 0 amide bonds. The monoisotopic (exact) mass is 490 g/mol. The van der Waals surface area contributed by atoms with Gasteiger partial charge in [-0.15, -0.1) is 0 Å². The highest BCUT2D eigenvalue weighted by molar-refractivity contribution is 6.33. The van der Waals surface area contributed by atoms with Crippen LogP contribution in [0.1, 0.15) is 50.7 Å². The first-order valence-electron chi connectivity index (χ1n) is 9.52. The number of carbonyl (C=O) groups is 2. The lowest BCUT2D eigenvalue weighted by Crippen LogP contribution is -2.42. The van der Waals surface area contributed by atoms with Gasteiger partial charge < -0.3 is 9.47 Å². The Morgan fingerprint density at radius 3 is 2.06 bits per heavy atom. The molecule has 1 aromatic heterocycles. The van der Waals surface area contributed by atoms with Crippen LogP contribution in [0.25, 0.3) is 5.69 Å². The molecule has 0 N–H and O–H groups in total. The molecule has 180 valence electrons. The number of benzene rings is 1. The summed E-state index contributed by atoms with van der Waals surface area (Å²) in [5.41, 5.74) is -7.08. The summed E-state index contributed by atoms with van der Waals surface area (Å²) in [5.74, 6) is -1.90. The molecule has 2 rings (SSSR count). The van der Waals surface area contributed by atoms with E-state index < -0.39 is 46.3 Å². The van der Waals surface area contributed by atoms with E-state index in [0.717, 1.165) is 19.2 Å². The Bertz CT molecular complexity index is 1220. The van der Waals surface area contributed by atoms with Gasteiger partial charge in [-0.1, -0.05) is 11.6 Å². The Morgan fingerprint density at radius 1 is 0.970 bits per heavy atom. The van der Waals surface area contributed by atoms with E-state index in [-0.39, 0.29) is 26.9 Å². The fourth-order valence-electron chi connectivity index (χ4n) is 2.67. The zero-order valence-electron chi connectivity index (χ0n) is 18.7. The van der Waals surface area contributed by atoms with Gasteiger partial charge in [-0.05, 0) is 52.8 Å². The molecule has 12 heteroatoms. The molecule has 0 unspecified atom stereocenters. The number of carbonyl (C=O) groups excluding carboxylic acids is 2. The quantitative estimate of drug-likeness (QED) is 0.609. The largest absolute Gasteiger partial charge is 0.457 e. The Morgan fingerprint density at radius 2 is 1.55 bits per heavy atom. The first-order valence-corrected chi connectivity index (χ1v) is 9.90. The number of esters is 2. The Balaban J connectivity index is 2.51. The second-order valence-corrected chi connectivity index (χ2v) is 9.02. The zero-order chi connectivity index (χ0) is 25.5. The van der Waals surface area contributed by atoms with Crippen molar-refractivity contribution < 1.29 is 32.2 Å². The van der Waals surface area contributed by atoms with Crippen molar-refractivity contribution in [3.63, 3.8) is 0 Å². The van der Waals surface area contributed by atoms with Crippen LogP contribution in [0, 0.1) is 0 Å². The third-order valence-electron chi connectivity index (χ3n) is 4.28. The predicted molar refractivity (Wildman–Crippen MR) is 113 cm³/mol. The summed E-state index contributed by atoms with van der Waals surface area (Å²) in [4.78, 5) is 49.9. The van der Waals surface area contributed by atoms with E-state index in [1.807, 2.05) is 0 Å². The molecule has 2 aromatic rings. The number of ether oxygens (including phenoxy) is 2. The number of nitrogens with zero attached hydrogens (tertiary/aromatic N) is 2. The topological polar surface area (TPSA) is 96.6 Å². The molecule has 0 fully saturated rings. The molecule has 8 nitrogen and oxygen atoms in total. The summed E-state index contributed by atoms with van der Waals surface area (Å²) in [7, 11) is 0.857. The average molecular weight is 491 g/mol. The van der Waals surface area contributed by atoms with Gasteiger partial charge in [0.25, 0.3) is 5.56 Å². The highest BCUT2D eigenvalue weighted by atomic mass is 35.5. The Kier molecular flexibility index (Phi) is 6.90. The van der Waals surface area contributed by atoms with Gasteiger partial charge in [0.05, 0.1) is 16.3 Å². The third kappa shape index (κ3) is 5.84. The smallest absolute Gasteiger partial charge is 0.431 e. The molecule has 0 aliphatic carbocycles. The fourth-order valence-corrected chi connectivity index (χ4v) is 2.87. The summed E-state index contributed by atoms with van der Waals surface area (Å²) < 4.78 is 50.4. The van der Waals surface area contributed by atoms with Crippen LogP contribution >= 0.6 is 11.6 Å². The van der Waals surface area contributed by atoms with Crippen LogP contribution in [0.5, 0.6) is 0 Å². The summed E-state index contributed by atoms with van der Waals surface area (Å²) in [5, 5.41) is -0.138. The van der Waals surface area contributed by atoms with Crippen LogP contribution in [0.15, 0.2) is 33.9 Å². The zero-order valence-corrected chi connectivity index (χ0v) is 19.4. The summed E-state index contributed by atoms with van der Waals surface area (Å²) in [6.07, 6.45) is -4.92. The standard InChI is InChI=1S/C21H22ClF3N2O6/c1-19(2,3)33-17(30)20(4,5)32-16(29)12-9-11(7-8-13(12)22)27-15(28)10-14(21(23,24)25)26(6)18(27)31/h7-10H,1-6H3. The fraction of sp³-hybridized carbons (Fsp3) is 0.429. The van der Waals surface area contributed by atoms with Crippen molar-refractivity contribution in [2.45, 2.75) is 52.0 Å². The van der Waals surface area contributed by atoms with E-state index in [2.05, 4.69) is 0 Å². The Hall–Kier alpha value is -3.08. The van der Waals surface area contributed by atoms with E-state index in [1.165, 1.54) is 19.9 Å². The second-order valence-electron chi connectivity index (χ2n) is 8.61. The highest BCUT2D eigenvalue weighted by Crippen LogP contribution is 2.27. The van der Waals surface area contributed by atoms with Gasteiger partial charge in [-0.25, -0.2) is 19.0 Å². The van der Waals surface area contributed by atoms with Crippen molar-refractivity contribution >= 4 is 23.5 Å². The molecular weight excluding hydrogens is 469 g/mol. The van der Waals surface area contributed by atoms with Crippen LogP contribution < -0.4 is 11.2 Å². The van der Waals surface area contributed by atoms with Crippen LogP contribution in [0.4, 0.5) is 13.2 Å². The lowest BCUT2D eigenvalue weighted by atomic mass is 10.1. The van der Waals surface area contributed by atoms with Gasteiger partial charge in [0.15, 0.2) is 0 Å². The van der Waals surface area contributed by atoms with Crippen molar-refractivity contribution in [2.24, 2.45) is 7.05 Å². The summed E-state index contributed by atoms with van der Waals surface area (Å²) in [6, 6.07) is 3.61. The minimum Gasteiger partial charge on any atom is -0.457 e. The van der Waals surface area contributed by atoms with Crippen molar-refractivity contribution in [1.29, 1.82) is 0 Å². The van der Waals surface area contributed by atoms with Crippen molar-refractivity contribution in [1.82, 2.24) is 9.13 Å². The van der Waals surface area contributed by atoms with Gasteiger partial charge in [0, 0.05) is 13.1 Å². The SMILES string of the molecule is Cn1c(C(F)(F)F)cc(=O)n(-c2ccc(Cl)c(C(=O)OC(C)(C)C(=O)OC(C)(C)C)c2)c1=O. The van der Waals surface area contributed by atoms with Crippen LogP contribution in [0.3, 0.4) is 0 Å². The highest BCUT2D eigenvalue weighted by Gasteiger charge is 2.37. The molecular formula is C21H22ClF3N2O6. The van der Waals surface area contributed by atoms with Crippen molar-refractivity contribution in [3.8, 4) is 5.69 Å². The number of halogens is 4. The maximum Gasteiger partial charge on any atom is 0.431 e. The molecule has 0 aliphatic heterocycles. The molecule has 0 saturated carbocycles. The molecule has 0 aliphatic rings. The molecule has 0 radical (unpaired) electrons. The minimum absolute atomic E-state index is 0.138. The molecule has 0 spiro atoms. The number of hydrogen-bond acceptors (Lipinski definition) is 6. The lowest BCUT2D eigenvalue weighted by Gasteiger charge is -2.28. The molecule has 1 heterocycles. The van der Waals surface area contributed by atoms with Gasteiger partial charge in [-0.2, -0.15) is 13.2 Å². The second kappa shape index (κ2) is 8.69. The molecule has 33 heavy (non-hydrogen) atoms. The maximum absolute atomic E-state index is 13.1. The molecule has 0 atom stereocenters. The van der Waals surface area contributed by atoms with Crippen LogP contribution in [0.2, 0.25) is 5.02 Å². The molecule has 0 saturated heterocycles. The number of aromatic nitrogens is 2. The van der Waals surface area contributed by atoms with E-state index >= 15 is 0 Å². The molecule has 1 aromatic carbocycles. The number of alkyl halides is 3. The van der Waals surface area contributed by atoms with Crippen molar-refractivity contribution in [3.05, 3.63) is 61.4 Å². The first kappa shape index (κ1) is 26.2. The normalized spacial score (nSPS) is 12.4.